The lowest BCUT2D eigenvalue weighted by atomic mass is 9.94. The second-order valence-electron chi connectivity index (χ2n) is 9.60. The van der Waals surface area contributed by atoms with Crippen LogP contribution in [0.2, 0.25) is 0 Å². The number of piperidine rings is 1. The molecule has 184 valence electrons. The molecule has 1 atom stereocenters. The highest BCUT2D eigenvalue weighted by Crippen LogP contribution is 2.33. The fraction of sp³-hybridized carbons (Fsp3) is 0.536. The molecular formula is C28H38N2O4. The van der Waals surface area contributed by atoms with E-state index in [2.05, 4.69) is 36.9 Å². The molecule has 0 radical (unpaired) electrons. The summed E-state index contributed by atoms with van der Waals surface area (Å²) in [6.07, 6.45) is 4.23. The molecular weight excluding hydrogens is 428 g/mol. The normalized spacial score (nSPS) is 18.5. The molecule has 1 fully saturated rings. The van der Waals surface area contributed by atoms with E-state index >= 15 is 0 Å². The predicted molar refractivity (Wildman–Crippen MR) is 134 cm³/mol. The van der Waals surface area contributed by atoms with Gasteiger partial charge in [-0.2, -0.15) is 0 Å². The van der Waals surface area contributed by atoms with Gasteiger partial charge < -0.3 is 24.0 Å². The average molecular weight is 467 g/mol. The van der Waals surface area contributed by atoms with Crippen LogP contribution in [-0.4, -0.2) is 69.3 Å². The molecule has 0 spiro atoms. The summed E-state index contributed by atoms with van der Waals surface area (Å²) in [4.78, 5) is 17.8. The first-order valence-electron chi connectivity index (χ1n) is 12.5. The van der Waals surface area contributed by atoms with Gasteiger partial charge in [0.25, 0.3) is 5.91 Å². The summed E-state index contributed by atoms with van der Waals surface area (Å²) in [7, 11) is 3.24. The van der Waals surface area contributed by atoms with Crippen LogP contribution in [0, 0.1) is 19.8 Å². The molecule has 2 aliphatic rings. The Morgan fingerprint density at radius 2 is 1.76 bits per heavy atom. The highest BCUT2D eigenvalue weighted by atomic mass is 16.5. The van der Waals surface area contributed by atoms with Crippen molar-refractivity contribution in [3.8, 4) is 17.2 Å². The molecule has 0 saturated carbocycles. The van der Waals surface area contributed by atoms with Gasteiger partial charge in [-0.05, 0) is 80.8 Å². The van der Waals surface area contributed by atoms with E-state index in [9.17, 15) is 4.79 Å². The van der Waals surface area contributed by atoms with E-state index in [0.717, 1.165) is 69.0 Å². The molecule has 0 bridgehead atoms. The molecule has 2 aromatic carbocycles. The van der Waals surface area contributed by atoms with Crippen LogP contribution in [0.1, 0.15) is 46.3 Å². The van der Waals surface area contributed by atoms with E-state index in [1.54, 1.807) is 14.2 Å². The summed E-state index contributed by atoms with van der Waals surface area (Å²) in [5.41, 5.74) is 4.19. The Labute approximate surface area is 203 Å². The Hall–Kier alpha value is -2.73. The molecule has 1 amide bonds. The van der Waals surface area contributed by atoms with E-state index in [0.29, 0.717) is 17.4 Å². The Bertz CT molecular complexity index is 986. The third kappa shape index (κ3) is 5.49. The zero-order valence-electron chi connectivity index (χ0n) is 21.1. The Morgan fingerprint density at radius 3 is 2.50 bits per heavy atom. The number of para-hydroxylation sites is 1. The number of amides is 1. The molecule has 2 aliphatic heterocycles. The van der Waals surface area contributed by atoms with Crippen LogP contribution >= 0.6 is 0 Å². The number of ether oxygens (including phenoxy) is 3. The standard InChI is InChI=1S/C28H38N2O4/c1-20-8-5-9-21(2)27(20)34-15-7-13-29-12-6-10-22(18-29)19-30-14-11-23-16-25(32-3)26(33-4)17-24(23)28(30)31/h5,8-9,16-17,22H,6-7,10-15,18-19H2,1-4H3. The summed E-state index contributed by atoms with van der Waals surface area (Å²) < 4.78 is 16.9. The SMILES string of the molecule is COc1cc2c(cc1OC)C(=O)N(CC1CCCN(CCCOc3c(C)cccc3C)C1)CC2. The number of benzene rings is 2. The largest absolute Gasteiger partial charge is 0.493 e. The minimum absolute atomic E-state index is 0.112. The number of hydrogen-bond acceptors (Lipinski definition) is 5. The number of aryl methyl sites for hydroxylation is 2. The third-order valence-corrected chi connectivity index (χ3v) is 7.13. The van der Waals surface area contributed by atoms with Crippen molar-refractivity contribution in [2.24, 2.45) is 5.92 Å². The summed E-state index contributed by atoms with van der Waals surface area (Å²) in [6, 6.07) is 10.1. The van der Waals surface area contributed by atoms with Crippen LogP contribution in [0.15, 0.2) is 30.3 Å². The van der Waals surface area contributed by atoms with Crippen molar-refractivity contribution in [1.82, 2.24) is 9.80 Å². The molecule has 4 rings (SSSR count). The van der Waals surface area contributed by atoms with Crippen LogP contribution in [0.4, 0.5) is 0 Å². The lowest BCUT2D eigenvalue weighted by molar-refractivity contribution is 0.0658. The van der Waals surface area contributed by atoms with Gasteiger partial charge in [0.2, 0.25) is 0 Å². The average Bonchev–Trinajstić information content (AvgIpc) is 2.84. The van der Waals surface area contributed by atoms with Gasteiger partial charge in [0.1, 0.15) is 5.75 Å². The number of carbonyl (C=O) groups is 1. The smallest absolute Gasteiger partial charge is 0.254 e. The molecule has 1 unspecified atom stereocenters. The number of nitrogens with zero attached hydrogens (tertiary/aromatic N) is 2. The molecule has 2 heterocycles. The van der Waals surface area contributed by atoms with Gasteiger partial charge in [-0.25, -0.2) is 0 Å². The molecule has 0 N–H and O–H groups in total. The van der Waals surface area contributed by atoms with Crippen LogP contribution in [0.3, 0.4) is 0 Å². The number of fused-ring (bicyclic) bond motifs is 1. The first-order chi connectivity index (χ1) is 16.5. The van der Waals surface area contributed by atoms with Gasteiger partial charge in [0, 0.05) is 31.7 Å². The summed E-state index contributed by atoms with van der Waals surface area (Å²) >= 11 is 0. The van der Waals surface area contributed by atoms with E-state index in [-0.39, 0.29) is 5.91 Å². The first-order valence-corrected chi connectivity index (χ1v) is 12.5. The van der Waals surface area contributed by atoms with E-state index < -0.39 is 0 Å². The molecule has 0 aromatic heterocycles. The first kappa shape index (κ1) is 24.4. The van der Waals surface area contributed by atoms with Crippen molar-refractivity contribution in [3.63, 3.8) is 0 Å². The van der Waals surface area contributed by atoms with Crippen LogP contribution in [-0.2, 0) is 6.42 Å². The number of carbonyl (C=O) groups excluding carboxylic acids is 1. The van der Waals surface area contributed by atoms with E-state index in [1.165, 1.54) is 24.0 Å². The van der Waals surface area contributed by atoms with Gasteiger partial charge in [0.05, 0.1) is 20.8 Å². The predicted octanol–water partition coefficient (Wildman–Crippen LogP) is 4.50. The van der Waals surface area contributed by atoms with Crippen molar-refractivity contribution in [2.75, 3.05) is 53.6 Å². The van der Waals surface area contributed by atoms with Gasteiger partial charge in [-0.1, -0.05) is 18.2 Å². The number of methoxy groups -OCH3 is 2. The van der Waals surface area contributed by atoms with Gasteiger partial charge >= 0.3 is 0 Å². The Balaban J connectivity index is 1.28. The maximum absolute atomic E-state index is 13.2. The maximum Gasteiger partial charge on any atom is 0.254 e. The topological polar surface area (TPSA) is 51.2 Å². The van der Waals surface area contributed by atoms with Crippen molar-refractivity contribution < 1.29 is 19.0 Å². The van der Waals surface area contributed by atoms with Crippen molar-refractivity contribution >= 4 is 5.91 Å². The minimum Gasteiger partial charge on any atom is -0.493 e. The second-order valence-corrected chi connectivity index (χ2v) is 9.60. The second kappa shape index (κ2) is 11.1. The summed E-state index contributed by atoms with van der Waals surface area (Å²) in [5.74, 6) is 2.95. The van der Waals surface area contributed by atoms with Crippen molar-refractivity contribution in [2.45, 2.75) is 39.5 Å². The fourth-order valence-corrected chi connectivity index (χ4v) is 5.33. The molecule has 34 heavy (non-hydrogen) atoms. The van der Waals surface area contributed by atoms with Gasteiger partial charge in [0.15, 0.2) is 11.5 Å². The zero-order chi connectivity index (χ0) is 24.1. The molecule has 2 aromatic rings. The lowest BCUT2D eigenvalue weighted by Gasteiger charge is -2.37. The Morgan fingerprint density at radius 1 is 1.03 bits per heavy atom. The van der Waals surface area contributed by atoms with Crippen LogP contribution < -0.4 is 14.2 Å². The molecule has 6 heteroatoms. The summed E-state index contributed by atoms with van der Waals surface area (Å²) in [6.45, 7) is 9.74. The van der Waals surface area contributed by atoms with Gasteiger partial charge in [-0.3, -0.25) is 4.79 Å². The number of likely N-dealkylation sites (tertiary alicyclic amines) is 1. The zero-order valence-corrected chi connectivity index (χ0v) is 21.1. The number of hydrogen-bond donors (Lipinski definition) is 0. The highest BCUT2D eigenvalue weighted by molar-refractivity contribution is 5.97. The summed E-state index contributed by atoms with van der Waals surface area (Å²) in [5, 5.41) is 0. The van der Waals surface area contributed by atoms with Crippen molar-refractivity contribution in [3.05, 3.63) is 52.6 Å². The molecule has 0 aliphatic carbocycles. The highest BCUT2D eigenvalue weighted by Gasteiger charge is 2.29. The Kier molecular flexibility index (Phi) is 7.99. The fourth-order valence-electron chi connectivity index (χ4n) is 5.33. The quantitative estimate of drug-likeness (QED) is 0.510. The van der Waals surface area contributed by atoms with Crippen molar-refractivity contribution in [1.29, 1.82) is 0 Å². The third-order valence-electron chi connectivity index (χ3n) is 7.13. The minimum atomic E-state index is 0.112. The maximum atomic E-state index is 13.2. The van der Waals surface area contributed by atoms with E-state index in [1.807, 2.05) is 17.0 Å². The molecule has 6 nitrogen and oxygen atoms in total. The van der Waals surface area contributed by atoms with Crippen LogP contribution in [0.5, 0.6) is 17.2 Å². The van der Waals surface area contributed by atoms with Crippen LogP contribution in [0.25, 0.3) is 0 Å². The monoisotopic (exact) mass is 466 g/mol. The van der Waals surface area contributed by atoms with Gasteiger partial charge in [-0.15, -0.1) is 0 Å². The number of rotatable bonds is 9. The lowest BCUT2D eigenvalue weighted by Crippen LogP contribution is -2.45. The van der Waals surface area contributed by atoms with E-state index in [4.69, 9.17) is 14.2 Å². The molecule has 1 saturated heterocycles.